The summed E-state index contributed by atoms with van der Waals surface area (Å²) in [5.74, 6) is 0.798. The molecular weight excluding hydrogens is 266 g/mol. The molecule has 0 aromatic carbocycles. The van der Waals surface area contributed by atoms with Crippen LogP contribution in [0.5, 0.6) is 0 Å². The Labute approximate surface area is 128 Å². The number of carbonyl (C=O) groups is 2. The number of nitrogens with zero attached hydrogens (tertiary/aromatic N) is 2. The van der Waals surface area contributed by atoms with Gasteiger partial charge in [-0.2, -0.15) is 0 Å². The molecule has 2 amide bonds. The van der Waals surface area contributed by atoms with Gasteiger partial charge in [0.15, 0.2) is 0 Å². The van der Waals surface area contributed by atoms with Crippen LogP contribution in [0.4, 0.5) is 0 Å². The molecule has 120 valence electrons. The highest BCUT2D eigenvalue weighted by atomic mass is 16.2. The van der Waals surface area contributed by atoms with Gasteiger partial charge in [0.05, 0.1) is 0 Å². The van der Waals surface area contributed by atoms with E-state index in [0.717, 1.165) is 26.1 Å². The van der Waals surface area contributed by atoms with E-state index in [2.05, 4.69) is 17.3 Å². The van der Waals surface area contributed by atoms with Crippen LogP contribution >= 0.6 is 0 Å². The van der Waals surface area contributed by atoms with E-state index in [1.165, 1.54) is 12.8 Å². The van der Waals surface area contributed by atoms with Crippen molar-refractivity contribution in [2.45, 2.75) is 51.5 Å². The van der Waals surface area contributed by atoms with Crippen molar-refractivity contribution < 1.29 is 9.59 Å². The van der Waals surface area contributed by atoms with E-state index >= 15 is 0 Å². The van der Waals surface area contributed by atoms with Gasteiger partial charge >= 0.3 is 0 Å². The van der Waals surface area contributed by atoms with E-state index in [1.54, 1.807) is 0 Å². The van der Waals surface area contributed by atoms with Crippen LogP contribution in [0.1, 0.15) is 46.0 Å². The first-order valence-corrected chi connectivity index (χ1v) is 8.23. The second-order valence-electron chi connectivity index (χ2n) is 6.81. The molecule has 2 fully saturated rings. The van der Waals surface area contributed by atoms with Gasteiger partial charge < -0.3 is 15.1 Å². The van der Waals surface area contributed by atoms with Gasteiger partial charge in [-0.15, -0.1) is 0 Å². The van der Waals surface area contributed by atoms with Gasteiger partial charge in [-0.1, -0.05) is 6.92 Å². The molecule has 21 heavy (non-hydrogen) atoms. The molecule has 0 radical (unpaired) electrons. The monoisotopic (exact) mass is 295 g/mol. The molecule has 2 rings (SSSR count). The van der Waals surface area contributed by atoms with Crippen LogP contribution < -0.4 is 5.32 Å². The summed E-state index contributed by atoms with van der Waals surface area (Å²) < 4.78 is 0. The van der Waals surface area contributed by atoms with E-state index in [9.17, 15) is 9.59 Å². The van der Waals surface area contributed by atoms with Crippen molar-refractivity contribution in [2.24, 2.45) is 5.92 Å². The van der Waals surface area contributed by atoms with Crippen LogP contribution in [-0.4, -0.2) is 60.4 Å². The van der Waals surface area contributed by atoms with E-state index in [0.29, 0.717) is 25.3 Å². The minimum absolute atomic E-state index is 0.00510. The predicted octanol–water partition coefficient (Wildman–Crippen LogP) is 1.24. The van der Waals surface area contributed by atoms with Crippen LogP contribution in [0, 0.1) is 5.92 Å². The normalized spacial score (nSPS) is 29.4. The zero-order chi connectivity index (χ0) is 15.5. The fraction of sp³-hybridized carbons (Fsp3) is 0.875. The molecule has 5 nitrogen and oxygen atoms in total. The molecule has 1 N–H and O–H groups in total. The van der Waals surface area contributed by atoms with Crippen molar-refractivity contribution >= 4 is 11.8 Å². The molecule has 0 aromatic heterocycles. The van der Waals surface area contributed by atoms with Gasteiger partial charge in [-0.25, -0.2) is 0 Å². The van der Waals surface area contributed by atoms with Gasteiger partial charge in [0.25, 0.3) is 0 Å². The van der Waals surface area contributed by atoms with Gasteiger partial charge in [0.2, 0.25) is 11.8 Å². The molecule has 0 aliphatic carbocycles. The number of nitrogens with one attached hydrogen (secondary N) is 1. The second-order valence-corrected chi connectivity index (χ2v) is 6.81. The Kier molecular flexibility index (Phi) is 5.25. The predicted molar refractivity (Wildman–Crippen MR) is 82.9 cm³/mol. The van der Waals surface area contributed by atoms with Crippen LogP contribution in [0.15, 0.2) is 0 Å². The lowest BCUT2D eigenvalue weighted by Crippen LogP contribution is -2.54. The first-order chi connectivity index (χ1) is 9.94. The third kappa shape index (κ3) is 3.96. The zero-order valence-electron chi connectivity index (χ0n) is 13.7. The first-order valence-electron chi connectivity index (χ1n) is 8.23. The number of amides is 2. The fourth-order valence-corrected chi connectivity index (χ4v) is 3.25. The third-order valence-corrected chi connectivity index (χ3v) is 5.14. The maximum absolute atomic E-state index is 12.7. The summed E-state index contributed by atoms with van der Waals surface area (Å²) in [5, 5.41) is 2.89. The molecule has 2 aliphatic heterocycles. The Bertz CT molecular complexity index is 391. The van der Waals surface area contributed by atoms with Crippen molar-refractivity contribution in [3.05, 3.63) is 0 Å². The fourth-order valence-electron chi connectivity index (χ4n) is 3.25. The van der Waals surface area contributed by atoms with E-state index < -0.39 is 5.54 Å². The van der Waals surface area contributed by atoms with Crippen molar-refractivity contribution in [1.29, 1.82) is 0 Å². The molecule has 0 bridgehead atoms. The standard InChI is InChI=1S/C16H29N3O2/c1-4-16(2)15(21)19(12-8-14(20)17-16)11-7-13-5-9-18(3)10-6-13/h13H,4-12H2,1-3H3,(H,17,20). The Balaban J connectivity index is 1.92. The number of hydrogen-bond donors (Lipinski definition) is 1. The molecule has 2 aliphatic rings. The smallest absolute Gasteiger partial charge is 0.248 e. The lowest BCUT2D eigenvalue weighted by atomic mass is 9.93. The number of hydrogen-bond acceptors (Lipinski definition) is 3. The van der Waals surface area contributed by atoms with Crippen molar-refractivity contribution in [3.63, 3.8) is 0 Å². The summed E-state index contributed by atoms with van der Waals surface area (Å²) in [6.07, 6.45) is 4.58. The minimum atomic E-state index is -0.722. The van der Waals surface area contributed by atoms with Gasteiger partial charge in [-0.3, -0.25) is 9.59 Å². The zero-order valence-corrected chi connectivity index (χ0v) is 13.7. The lowest BCUT2D eigenvalue weighted by Gasteiger charge is -2.33. The number of likely N-dealkylation sites (tertiary alicyclic amines) is 1. The largest absolute Gasteiger partial charge is 0.342 e. The average Bonchev–Trinajstić information content (AvgIpc) is 2.58. The molecular formula is C16H29N3O2. The van der Waals surface area contributed by atoms with E-state index in [1.807, 2.05) is 18.7 Å². The highest BCUT2D eigenvalue weighted by Crippen LogP contribution is 2.22. The molecule has 0 spiro atoms. The van der Waals surface area contributed by atoms with Crippen LogP contribution in [0.3, 0.4) is 0 Å². The summed E-state index contributed by atoms with van der Waals surface area (Å²) >= 11 is 0. The highest BCUT2D eigenvalue weighted by Gasteiger charge is 2.39. The SMILES string of the molecule is CCC1(C)NC(=O)CCN(CCC2CCN(C)CC2)C1=O. The Hall–Kier alpha value is -1.10. The molecule has 2 heterocycles. The quantitative estimate of drug-likeness (QED) is 0.849. The van der Waals surface area contributed by atoms with Crippen molar-refractivity contribution in [2.75, 3.05) is 33.2 Å². The maximum Gasteiger partial charge on any atom is 0.248 e. The average molecular weight is 295 g/mol. The molecule has 0 aromatic rings. The van der Waals surface area contributed by atoms with Gasteiger partial charge in [-0.05, 0) is 58.7 Å². The highest BCUT2D eigenvalue weighted by molar-refractivity contribution is 5.93. The molecule has 2 saturated heterocycles. The van der Waals surface area contributed by atoms with Gasteiger partial charge in [0.1, 0.15) is 5.54 Å². The third-order valence-electron chi connectivity index (χ3n) is 5.14. The van der Waals surface area contributed by atoms with Crippen molar-refractivity contribution in [3.8, 4) is 0 Å². The Morgan fingerprint density at radius 3 is 2.52 bits per heavy atom. The van der Waals surface area contributed by atoms with Gasteiger partial charge in [0, 0.05) is 19.5 Å². The molecule has 1 unspecified atom stereocenters. The number of carbonyl (C=O) groups excluding carboxylic acids is 2. The lowest BCUT2D eigenvalue weighted by molar-refractivity contribution is -0.138. The minimum Gasteiger partial charge on any atom is -0.342 e. The first kappa shape index (κ1) is 16.3. The van der Waals surface area contributed by atoms with E-state index in [-0.39, 0.29) is 11.8 Å². The Morgan fingerprint density at radius 2 is 1.90 bits per heavy atom. The Morgan fingerprint density at radius 1 is 1.24 bits per heavy atom. The molecule has 1 atom stereocenters. The summed E-state index contributed by atoms with van der Waals surface area (Å²) in [7, 11) is 2.17. The maximum atomic E-state index is 12.7. The summed E-state index contributed by atoms with van der Waals surface area (Å²) in [6, 6.07) is 0. The molecule has 5 heteroatoms. The summed E-state index contributed by atoms with van der Waals surface area (Å²) in [5.41, 5.74) is -0.722. The molecule has 0 saturated carbocycles. The van der Waals surface area contributed by atoms with Crippen LogP contribution in [0.25, 0.3) is 0 Å². The summed E-state index contributed by atoms with van der Waals surface area (Å²) in [6.45, 7) is 7.47. The summed E-state index contributed by atoms with van der Waals surface area (Å²) in [4.78, 5) is 28.7. The number of rotatable bonds is 4. The number of piperidine rings is 1. The van der Waals surface area contributed by atoms with E-state index in [4.69, 9.17) is 0 Å². The van der Waals surface area contributed by atoms with Crippen LogP contribution in [0.2, 0.25) is 0 Å². The van der Waals surface area contributed by atoms with Crippen molar-refractivity contribution in [1.82, 2.24) is 15.1 Å². The second kappa shape index (κ2) is 6.77. The van der Waals surface area contributed by atoms with Crippen LogP contribution in [-0.2, 0) is 9.59 Å². The topological polar surface area (TPSA) is 52.7 Å².